The maximum absolute atomic E-state index is 13.5. The number of aliphatic hydroxyl groups excluding tert-OH is 1. The van der Waals surface area contributed by atoms with Crippen LogP contribution in [0, 0.1) is 5.82 Å². The topological polar surface area (TPSA) is 66.8 Å². The van der Waals surface area contributed by atoms with Crippen LogP contribution in [0.4, 0.5) is 4.39 Å². The summed E-state index contributed by atoms with van der Waals surface area (Å²) in [6.45, 7) is 3.89. The number of carbonyl (C=O) groups is 1. The first kappa shape index (κ1) is 15.9. The lowest BCUT2D eigenvalue weighted by atomic mass is 10.2. The van der Waals surface area contributed by atoms with Gasteiger partial charge in [-0.3, -0.25) is 0 Å². The zero-order chi connectivity index (χ0) is 14.4. The smallest absolute Gasteiger partial charge is 0.335 e. The summed E-state index contributed by atoms with van der Waals surface area (Å²) in [5.41, 5.74) is 0.0248. The summed E-state index contributed by atoms with van der Waals surface area (Å²) in [7, 11) is 0. The molecule has 1 unspecified atom stereocenters. The quantitative estimate of drug-likeness (QED) is 0.754. The van der Waals surface area contributed by atoms with Gasteiger partial charge in [0.2, 0.25) is 0 Å². The summed E-state index contributed by atoms with van der Waals surface area (Å²) in [6, 6.07) is 3.58. The molecule has 4 nitrogen and oxygen atoms in total. The van der Waals surface area contributed by atoms with Crippen LogP contribution in [0.15, 0.2) is 23.1 Å². The number of ether oxygens (including phenoxy) is 1. The van der Waals surface area contributed by atoms with Crippen LogP contribution in [-0.2, 0) is 4.74 Å². The number of benzene rings is 1. The molecule has 0 bridgehead atoms. The van der Waals surface area contributed by atoms with Crippen LogP contribution in [0.5, 0.6) is 0 Å². The number of thioether (sulfide) groups is 1. The third kappa shape index (κ3) is 5.59. The number of aliphatic hydroxyl groups is 1. The molecule has 6 heteroatoms. The van der Waals surface area contributed by atoms with Crippen LogP contribution in [0.1, 0.15) is 24.2 Å². The van der Waals surface area contributed by atoms with Gasteiger partial charge < -0.3 is 14.9 Å². The Morgan fingerprint density at radius 1 is 1.47 bits per heavy atom. The number of carboxylic acids is 1. The van der Waals surface area contributed by atoms with E-state index in [1.807, 2.05) is 13.8 Å². The lowest BCUT2D eigenvalue weighted by Gasteiger charge is -2.13. The number of hydrogen-bond acceptors (Lipinski definition) is 4. The molecule has 2 N–H and O–H groups in total. The molecule has 0 amide bonds. The zero-order valence-electron chi connectivity index (χ0n) is 10.8. The highest BCUT2D eigenvalue weighted by molar-refractivity contribution is 7.99. The van der Waals surface area contributed by atoms with Crippen molar-refractivity contribution >= 4 is 17.7 Å². The Morgan fingerprint density at radius 3 is 2.74 bits per heavy atom. The van der Waals surface area contributed by atoms with E-state index >= 15 is 0 Å². The standard InChI is InChI=1S/C13H17FO4S/c1-8(2)18-6-10(15)7-19-12-5-9(13(16)17)3-4-11(12)14/h3-5,8,10,15H,6-7H2,1-2H3,(H,16,17). The van der Waals surface area contributed by atoms with Gasteiger partial charge in [-0.1, -0.05) is 0 Å². The van der Waals surface area contributed by atoms with E-state index < -0.39 is 17.9 Å². The number of aromatic carboxylic acids is 1. The molecule has 1 rings (SSSR count). The molecule has 0 heterocycles. The Balaban J connectivity index is 2.57. The van der Waals surface area contributed by atoms with Crippen molar-refractivity contribution in [3.8, 4) is 0 Å². The minimum atomic E-state index is -1.11. The van der Waals surface area contributed by atoms with E-state index in [2.05, 4.69) is 0 Å². The van der Waals surface area contributed by atoms with Crippen molar-refractivity contribution in [2.24, 2.45) is 0 Å². The van der Waals surface area contributed by atoms with Crippen LogP contribution in [0.2, 0.25) is 0 Å². The summed E-state index contributed by atoms with van der Waals surface area (Å²) in [4.78, 5) is 11.0. The summed E-state index contributed by atoms with van der Waals surface area (Å²) >= 11 is 1.07. The molecule has 0 radical (unpaired) electrons. The number of hydrogen-bond donors (Lipinski definition) is 2. The third-order valence-electron chi connectivity index (χ3n) is 2.23. The third-order valence-corrected chi connectivity index (χ3v) is 3.41. The molecule has 0 aliphatic heterocycles. The second kappa shape index (κ2) is 7.47. The predicted molar refractivity (Wildman–Crippen MR) is 71.2 cm³/mol. The van der Waals surface area contributed by atoms with Gasteiger partial charge in [0.1, 0.15) is 5.82 Å². The zero-order valence-corrected chi connectivity index (χ0v) is 11.6. The SMILES string of the molecule is CC(C)OCC(O)CSc1cc(C(=O)O)ccc1F. The van der Waals surface area contributed by atoms with Crippen LogP contribution in [0.3, 0.4) is 0 Å². The van der Waals surface area contributed by atoms with Crippen molar-refractivity contribution in [2.75, 3.05) is 12.4 Å². The summed E-state index contributed by atoms with van der Waals surface area (Å²) in [5.74, 6) is -1.36. The van der Waals surface area contributed by atoms with E-state index in [1.54, 1.807) is 0 Å². The molecule has 0 aliphatic rings. The second-order valence-electron chi connectivity index (χ2n) is 4.30. The lowest BCUT2D eigenvalue weighted by molar-refractivity contribution is 0.0152. The summed E-state index contributed by atoms with van der Waals surface area (Å²) in [6.07, 6.45) is -0.702. The fourth-order valence-corrected chi connectivity index (χ4v) is 2.17. The van der Waals surface area contributed by atoms with Crippen LogP contribution in [-0.4, -0.2) is 40.8 Å². The van der Waals surface area contributed by atoms with Gasteiger partial charge in [-0.25, -0.2) is 9.18 Å². The van der Waals surface area contributed by atoms with E-state index in [1.165, 1.54) is 12.1 Å². The van der Waals surface area contributed by atoms with Crippen molar-refractivity contribution in [3.05, 3.63) is 29.6 Å². The van der Waals surface area contributed by atoms with Crippen molar-refractivity contribution < 1.29 is 24.1 Å². The van der Waals surface area contributed by atoms with Gasteiger partial charge in [0, 0.05) is 10.6 Å². The molecule has 0 saturated carbocycles. The largest absolute Gasteiger partial charge is 0.478 e. The van der Waals surface area contributed by atoms with Crippen LogP contribution in [0.25, 0.3) is 0 Å². The van der Waals surface area contributed by atoms with Gasteiger partial charge in [-0.05, 0) is 32.0 Å². The first-order valence-corrected chi connectivity index (χ1v) is 6.84. The van der Waals surface area contributed by atoms with E-state index in [0.717, 1.165) is 17.8 Å². The van der Waals surface area contributed by atoms with Gasteiger partial charge >= 0.3 is 5.97 Å². The molecule has 106 valence electrons. The Bertz CT molecular complexity index is 437. The number of halogens is 1. The highest BCUT2D eigenvalue weighted by Crippen LogP contribution is 2.24. The first-order valence-electron chi connectivity index (χ1n) is 5.85. The number of carboxylic acid groups (broad SMARTS) is 1. The molecule has 1 aromatic rings. The van der Waals surface area contributed by atoms with E-state index in [4.69, 9.17) is 9.84 Å². The fourth-order valence-electron chi connectivity index (χ4n) is 1.28. The Morgan fingerprint density at radius 2 is 2.16 bits per heavy atom. The molecule has 0 aliphatic carbocycles. The average Bonchev–Trinajstić information content (AvgIpc) is 2.35. The molecule has 0 saturated heterocycles. The van der Waals surface area contributed by atoms with E-state index in [-0.39, 0.29) is 28.9 Å². The Kier molecular flexibility index (Phi) is 6.27. The van der Waals surface area contributed by atoms with Gasteiger partial charge in [0.25, 0.3) is 0 Å². The lowest BCUT2D eigenvalue weighted by Crippen LogP contribution is -2.20. The van der Waals surface area contributed by atoms with Crippen LogP contribution >= 0.6 is 11.8 Å². The van der Waals surface area contributed by atoms with Gasteiger partial charge in [-0.15, -0.1) is 11.8 Å². The van der Waals surface area contributed by atoms with Crippen LogP contribution < -0.4 is 0 Å². The first-order chi connectivity index (χ1) is 8.90. The molecule has 1 aromatic carbocycles. The molecule has 19 heavy (non-hydrogen) atoms. The molecular formula is C13H17FO4S. The van der Waals surface area contributed by atoms with Gasteiger partial charge in [0.05, 0.1) is 24.4 Å². The maximum atomic E-state index is 13.5. The molecule has 0 aromatic heterocycles. The number of rotatable bonds is 7. The fraction of sp³-hybridized carbons (Fsp3) is 0.462. The summed E-state index contributed by atoms with van der Waals surface area (Å²) in [5, 5.41) is 18.5. The minimum Gasteiger partial charge on any atom is -0.478 e. The van der Waals surface area contributed by atoms with Gasteiger partial charge in [0.15, 0.2) is 0 Å². The highest BCUT2D eigenvalue weighted by atomic mass is 32.2. The van der Waals surface area contributed by atoms with E-state index in [9.17, 15) is 14.3 Å². The normalized spacial score (nSPS) is 12.7. The molecule has 0 fully saturated rings. The molecule has 1 atom stereocenters. The van der Waals surface area contributed by atoms with Crippen molar-refractivity contribution in [3.63, 3.8) is 0 Å². The second-order valence-corrected chi connectivity index (χ2v) is 5.36. The Labute approximate surface area is 115 Å². The summed E-state index contributed by atoms with van der Waals surface area (Å²) < 4.78 is 18.7. The molecule has 0 spiro atoms. The average molecular weight is 288 g/mol. The monoisotopic (exact) mass is 288 g/mol. The molecular weight excluding hydrogens is 271 g/mol. The maximum Gasteiger partial charge on any atom is 0.335 e. The minimum absolute atomic E-state index is 0.0201. The Hall–Kier alpha value is -1.11. The highest BCUT2D eigenvalue weighted by Gasteiger charge is 2.12. The van der Waals surface area contributed by atoms with Crippen molar-refractivity contribution in [1.29, 1.82) is 0 Å². The predicted octanol–water partition coefficient (Wildman–Crippen LogP) is 2.40. The van der Waals surface area contributed by atoms with E-state index in [0.29, 0.717) is 0 Å². The van der Waals surface area contributed by atoms with Crippen molar-refractivity contribution in [1.82, 2.24) is 0 Å². The van der Waals surface area contributed by atoms with Crippen molar-refractivity contribution in [2.45, 2.75) is 31.0 Å². The van der Waals surface area contributed by atoms with Gasteiger partial charge in [-0.2, -0.15) is 0 Å².